The highest BCUT2D eigenvalue weighted by Gasteiger charge is 2.17. The van der Waals surface area contributed by atoms with Crippen molar-refractivity contribution in [2.24, 2.45) is 0 Å². The molecule has 0 aliphatic carbocycles. The summed E-state index contributed by atoms with van der Waals surface area (Å²) in [6.45, 7) is 6.14. The van der Waals surface area contributed by atoms with Crippen molar-refractivity contribution in [1.82, 2.24) is 20.1 Å². The van der Waals surface area contributed by atoms with Gasteiger partial charge in [0, 0.05) is 16.9 Å². The van der Waals surface area contributed by atoms with Crippen LogP contribution >= 0.6 is 11.8 Å². The van der Waals surface area contributed by atoms with E-state index in [1.54, 1.807) is 6.07 Å². The highest BCUT2D eigenvalue weighted by molar-refractivity contribution is 7.99. The molecule has 35 heavy (non-hydrogen) atoms. The first-order valence-corrected chi connectivity index (χ1v) is 12.2. The minimum Gasteiger partial charge on any atom is -0.345 e. The molecule has 1 heterocycles. The predicted octanol–water partition coefficient (Wildman–Crippen LogP) is 4.85. The van der Waals surface area contributed by atoms with Crippen LogP contribution in [-0.4, -0.2) is 32.3 Å². The SMILES string of the molecule is Cc1cccc(NC(=O)CSc2nnc(CNC(=O)c3cccc(C)c3)n2-c2cccc(C)c2)c1. The zero-order valence-electron chi connectivity index (χ0n) is 19.9. The third kappa shape index (κ3) is 6.36. The van der Waals surface area contributed by atoms with E-state index in [2.05, 4.69) is 20.8 Å². The van der Waals surface area contributed by atoms with Gasteiger partial charge in [0.05, 0.1) is 12.3 Å². The quantitative estimate of drug-likeness (QED) is 0.348. The van der Waals surface area contributed by atoms with Gasteiger partial charge in [-0.15, -0.1) is 10.2 Å². The lowest BCUT2D eigenvalue weighted by molar-refractivity contribution is -0.113. The predicted molar refractivity (Wildman–Crippen MR) is 139 cm³/mol. The van der Waals surface area contributed by atoms with Crippen LogP contribution in [0.2, 0.25) is 0 Å². The molecule has 0 bridgehead atoms. The molecule has 4 rings (SSSR count). The number of hydrogen-bond donors (Lipinski definition) is 2. The highest BCUT2D eigenvalue weighted by Crippen LogP contribution is 2.23. The van der Waals surface area contributed by atoms with E-state index in [-0.39, 0.29) is 24.1 Å². The number of rotatable bonds is 8. The summed E-state index contributed by atoms with van der Waals surface area (Å²) in [5.41, 5.74) is 5.40. The third-order valence-electron chi connectivity index (χ3n) is 5.28. The Balaban J connectivity index is 1.51. The van der Waals surface area contributed by atoms with E-state index >= 15 is 0 Å². The zero-order valence-corrected chi connectivity index (χ0v) is 20.7. The van der Waals surface area contributed by atoms with Crippen LogP contribution in [0.3, 0.4) is 0 Å². The maximum Gasteiger partial charge on any atom is 0.251 e. The maximum absolute atomic E-state index is 12.7. The Labute approximate surface area is 209 Å². The minimum absolute atomic E-state index is 0.131. The van der Waals surface area contributed by atoms with Crippen LogP contribution in [0.5, 0.6) is 0 Å². The number of benzene rings is 3. The molecule has 1 aromatic heterocycles. The van der Waals surface area contributed by atoms with Gasteiger partial charge in [-0.1, -0.05) is 53.7 Å². The van der Waals surface area contributed by atoms with E-state index in [1.165, 1.54) is 11.8 Å². The van der Waals surface area contributed by atoms with Crippen LogP contribution in [0.25, 0.3) is 5.69 Å². The Morgan fingerprint density at radius 3 is 2.26 bits per heavy atom. The summed E-state index contributed by atoms with van der Waals surface area (Å²) in [5.74, 6) is 0.444. The largest absolute Gasteiger partial charge is 0.345 e. The molecule has 0 aliphatic heterocycles. The van der Waals surface area contributed by atoms with E-state index in [0.29, 0.717) is 16.5 Å². The van der Waals surface area contributed by atoms with Crippen LogP contribution < -0.4 is 10.6 Å². The molecule has 0 spiro atoms. The van der Waals surface area contributed by atoms with Crippen LogP contribution in [-0.2, 0) is 11.3 Å². The monoisotopic (exact) mass is 485 g/mol. The normalized spacial score (nSPS) is 10.7. The summed E-state index contributed by atoms with van der Waals surface area (Å²) in [6.07, 6.45) is 0. The fourth-order valence-corrected chi connectivity index (χ4v) is 4.40. The number of nitrogens with zero attached hydrogens (tertiary/aromatic N) is 3. The minimum atomic E-state index is -0.181. The molecule has 178 valence electrons. The number of carbonyl (C=O) groups excluding carboxylic acids is 2. The second-order valence-corrected chi connectivity index (χ2v) is 9.27. The number of hydrogen-bond acceptors (Lipinski definition) is 5. The first-order chi connectivity index (χ1) is 16.9. The standard InChI is InChI=1S/C27H27N5O2S/c1-18-7-4-10-21(13-18)26(34)28-16-24-30-31-27(32(24)23-12-6-9-20(3)15-23)35-17-25(33)29-22-11-5-8-19(2)14-22/h4-15H,16-17H2,1-3H3,(H,28,34)(H,29,33). The molecular formula is C27H27N5O2S. The summed E-state index contributed by atoms with van der Waals surface area (Å²) in [4.78, 5) is 25.2. The van der Waals surface area contributed by atoms with Crippen molar-refractivity contribution in [2.45, 2.75) is 32.5 Å². The number of thioether (sulfide) groups is 1. The zero-order chi connectivity index (χ0) is 24.8. The molecule has 2 amide bonds. The van der Waals surface area contributed by atoms with Gasteiger partial charge in [0.1, 0.15) is 0 Å². The number of nitrogens with one attached hydrogen (secondary N) is 2. The van der Waals surface area contributed by atoms with E-state index in [4.69, 9.17) is 0 Å². The molecule has 0 atom stereocenters. The first-order valence-electron chi connectivity index (χ1n) is 11.2. The van der Waals surface area contributed by atoms with Gasteiger partial charge < -0.3 is 10.6 Å². The van der Waals surface area contributed by atoms with Crippen molar-refractivity contribution in [3.63, 3.8) is 0 Å². The number of amides is 2. The summed E-state index contributed by atoms with van der Waals surface area (Å²) in [5, 5.41) is 15.1. The third-order valence-corrected chi connectivity index (χ3v) is 6.21. The summed E-state index contributed by atoms with van der Waals surface area (Å²) in [6, 6.07) is 23.0. The number of aromatic nitrogens is 3. The molecule has 0 aliphatic rings. The lowest BCUT2D eigenvalue weighted by atomic mass is 10.1. The highest BCUT2D eigenvalue weighted by atomic mass is 32.2. The van der Waals surface area contributed by atoms with E-state index in [9.17, 15) is 9.59 Å². The molecule has 7 nitrogen and oxygen atoms in total. The molecule has 0 saturated carbocycles. The molecule has 2 N–H and O–H groups in total. The fourth-order valence-electron chi connectivity index (χ4n) is 3.63. The van der Waals surface area contributed by atoms with Crippen molar-refractivity contribution in [1.29, 1.82) is 0 Å². The van der Waals surface area contributed by atoms with E-state index in [1.807, 2.05) is 92.1 Å². The summed E-state index contributed by atoms with van der Waals surface area (Å²) in [7, 11) is 0. The van der Waals surface area contributed by atoms with Crippen LogP contribution in [0.1, 0.15) is 32.9 Å². The van der Waals surface area contributed by atoms with Gasteiger partial charge in [-0.05, 0) is 68.3 Å². The van der Waals surface area contributed by atoms with Gasteiger partial charge in [0.15, 0.2) is 11.0 Å². The van der Waals surface area contributed by atoms with Gasteiger partial charge in [-0.2, -0.15) is 0 Å². The molecule has 0 saturated heterocycles. The average molecular weight is 486 g/mol. The maximum atomic E-state index is 12.7. The Hall–Kier alpha value is -3.91. The van der Waals surface area contributed by atoms with Gasteiger partial charge in [0.2, 0.25) is 5.91 Å². The summed E-state index contributed by atoms with van der Waals surface area (Å²) < 4.78 is 1.88. The van der Waals surface area contributed by atoms with Crippen LogP contribution in [0, 0.1) is 20.8 Å². The smallest absolute Gasteiger partial charge is 0.251 e. The molecule has 8 heteroatoms. The molecule has 0 unspecified atom stereocenters. The van der Waals surface area contributed by atoms with Crippen molar-refractivity contribution in [3.8, 4) is 5.69 Å². The Kier molecular flexibility index (Phi) is 7.62. The van der Waals surface area contributed by atoms with Crippen molar-refractivity contribution in [2.75, 3.05) is 11.1 Å². The van der Waals surface area contributed by atoms with Gasteiger partial charge in [-0.25, -0.2) is 0 Å². The Morgan fingerprint density at radius 1 is 0.857 bits per heavy atom. The van der Waals surface area contributed by atoms with Crippen molar-refractivity contribution < 1.29 is 9.59 Å². The van der Waals surface area contributed by atoms with Crippen molar-refractivity contribution >= 4 is 29.3 Å². The van der Waals surface area contributed by atoms with Gasteiger partial charge in [0.25, 0.3) is 5.91 Å². The van der Waals surface area contributed by atoms with E-state index < -0.39 is 0 Å². The number of carbonyl (C=O) groups is 2. The molecule has 0 radical (unpaired) electrons. The Morgan fingerprint density at radius 2 is 1.54 bits per heavy atom. The molecule has 0 fully saturated rings. The van der Waals surface area contributed by atoms with Crippen LogP contribution in [0.15, 0.2) is 78.0 Å². The van der Waals surface area contributed by atoms with Crippen LogP contribution in [0.4, 0.5) is 5.69 Å². The number of aryl methyl sites for hydroxylation is 3. The summed E-state index contributed by atoms with van der Waals surface area (Å²) >= 11 is 1.30. The fraction of sp³-hybridized carbons (Fsp3) is 0.185. The topological polar surface area (TPSA) is 88.9 Å². The average Bonchev–Trinajstić information content (AvgIpc) is 3.24. The van der Waals surface area contributed by atoms with Gasteiger partial charge in [-0.3, -0.25) is 14.2 Å². The Bertz CT molecular complexity index is 1370. The molecule has 3 aromatic carbocycles. The molecule has 4 aromatic rings. The van der Waals surface area contributed by atoms with E-state index in [0.717, 1.165) is 28.1 Å². The second kappa shape index (κ2) is 11.0. The first kappa shape index (κ1) is 24.2. The van der Waals surface area contributed by atoms with Gasteiger partial charge >= 0.3 is 0 Å². The molecular weight excluding hydrogens is 458 g/mol. The van der Waals surface area contributed by atoms with Crippen molar-refractivity contribution in [3.05, 3.63) is 101 Å². The lowest BCUT2D eigenvalue weighted by Crippen LogP contribution is -2.24. The second-order valence-electron chi connectivity index (χ2n) is 8.33. The lowest BCUT2D eigenvalue weighted by Gasteiger charge is -2.12. The number of anilines is 1.